The van der Waals surface area contributed by atoms with Crippen LogP contribution in [-0.4, -0.2) is 11.1 Å². The first-order chi connectivity index (χ1) is 15.4. The number of halogens is 3. The monoisotopic (exact) mass is 485 g/mol. The van der Waals surface area contributed by atoms with Gasteiger partial charge in [-0.2, -0.15) is 0 Å². The van der Waals surface area contributed by atoms with E-state index in [2.05, 4.69) is 5.32 Å². The smallest absolute Gasteiger partial charge is 0.337 e. The summed E-state index contributed by atoms with van der Waals surface area (Å²) < 4.78 is 6.14. The van der Waals surface area contributed by atoms with Gasteiger partial charge in [-0.1, -0.05) is 71.2 Å². The molecule has 4 rings (SSSR count). The van der Waals surface area contributed by atoms with E-state index < -0.39 is 5.97 Å². The first-order valence-corrected chi connectivity index (χ1v) is 10.9. The molecule has 0 bridgehead atoms. The molecule has 2 N–H and O–H groups in total. The van der Waals surface area contributed by atoms with E-state index in [-0.39, 0.29) is 10.6 Å². The third-order valence-corrected chi connectivity index (χ3v) is 6.10. The highest BCUT2D eigenvalue weighted by Gasteiger charge is 2.12. The predicted octanol–water partition coefficient (Wildman–Crippen LogP) is 7.69. The van der Waals surface area contributed by atoms with Crippen molar-refractivity contribution >= 4 is 57.2 Å². The summed E-state index contributed by atoms with van der Waals surface area (Å²) >= 11 is 18.2. The van der Waals surface area contributed by atoms with Crippen LogP contribution >= 0.6 is 34.8 Å². The molecule has 4 aromatic rings. The molecule has 162 valence electrons. The minimum atomic E-state index is -1.06. The van der Waals surface area contributed by atoms with Crippen molar-refractivity contribution in [2.45, 2.75) is 13.2 Å². The molecule has 0 amide bonds. The van der Waals surface area contributed by atoms with Crippen LogP contribution in [-0.2, 0) is 13.2 Å². The third kappa shape index (κ3) is 4.94. The van der Waals surface area contributed by atoms with E-state index in [1.165, 1.54) is 6.07 Å². The van der Waals surface area contributed by atoms with Crippen LogP contribution in [0.5, 0.6) is 5.75 Å². The maximum Gasteiger partial charge on any atom is 0.337 e. The maximum atomic E-state index is 11.2. The number of carboxylic acids is 1. The zero-order valence-electron chi connectivity index (χ0n) is 16.7. The van der Waals surface area contributed by atoms with E-state index in [1.807, 2.05) is 42.5 Å². The van der Waals surface area contributed by atoms with Crippen molar-refractivity contribution in [2.24, 2.45) is 0 Å². The van der Waals surface area contributed by atoms with Gasteiger partial charge in [-0.3, -0.25) is 0 Å². The summed E-state index contributed by atoms with van der Waals surface area (Å²) in [6.45, 7) is 0.794. The van der Waals surface area contributed by atoms with Crippen LogP contribution in [0, 0.1) is 0 Å². The molecular weight excluding hydrogens is 469 g/mol. The average molecular weight is 487 g/mol. The van der Waals surface area contributed by atoms with Crippen LogP contribution in [0.4, 0.5) is 5.69 Å². The van der Waals surface area contributed by atoms with Crippen LogP contribution in [0.25, 0.3) is 10.8 Å². The van der Waals surface area contributed by atoms with Gasteiger partial charge in [0.05, 0.1) is 20.6 Å². The molecule has 0 fully saturated rings. The summed E-state index contributed by atoms with van der Waals surface area (Å²) in [5.41, 5.74) is 2.65. The van der Waals surface area contributed by atoms with Gasteiger partial charge in [0.1, 0.15) is 12.4 Å². The quantitative estimate of drug-likeness (QED) is 0.281. The lowest BCUT2D eigenvalue weighted by atomic mass is 10.0. The Bertz CT molecular complexity index is 1310. The van der Waals surface area contributed by atoms with Gasteiger partial charge in [-0.05, 0) is 52.7 Å². The van der Waals surface area contributed by atoms with Gasteiger partial charge in [0.15, 0.2) is 0 Å². The number of aromatic carboxylic acids is 1. The molecule has 0 spiro atoms. The zero-order chi connectivity index (χ0) is 22.7. The van der Waals surface area contributed by atoms with Crippen molar-refractivity contribution in [1.29, 1.82) is 0 Å². The van der Waals surface area contributed by atoms with Crippen molar-refractivity contribution < 1.29 is 14.6 Å². The summed E-state index contributed by atoms with van der Waals surface area (Å²) in [6, 6.07) is 22.2. The molecule has 0 saturated carbocycles. The second-order valence-corrected chi connectivity index (χ2v) is 8.38. The van der Waals surface area contributed by atoms with E-state index in [9.17, 15) is 4.79 Å². The summed E-state index contributed by atoms with van der Waals surface area (Å²) in [7, 11) is 0. The molecule has 0 saturated heterocycles. The fourth-order valence-corrected chi connectivity index (χ4v) is 4.00. The number of carboxylic acid groups (broad SMARTS) is 1. The standard InChI is InChI=1S/C25H18Cl3NO3/c26-21-9-5-15(11-23(21)28)14-32-24-10-6-16-3-1-2-4-18(16)20(24)13-29-17-7-8-19(25(30)31)22(27)12-17/h1-12,29H,13-14H2,(H,30,31). The van der Waals surface area contributed by atoms with Gasteiger partial charge in [0, 0.05) is 17.8 Å². The predicted molar refractivity (Wildman–Crippen MR) is 130 cm³/mol. The Hall–Kier alpha value is -2.92. The molecule has 0 aliphatic heterocycles. The molecule has 0 radical (unpaired) electrons. The van der Waals surface area contributed by atoms with E-state index in [0.29, 0.717) is 28.9 Å². The lowest BCUT2D eigenvalue weighted by Gasteiger charge is -2.16. The number of hydrogen-bond donors (Lipinski definition) is 2. The van der Waals surface area contributed by atoms with E-state index >= 15 is 0 Å². The van der Waals surface area contributed by atoms with Crippen molar-refractivity contribution in [2.75, 3.05) is 5.32 Å². The number of anilines is 1. The fraction of sp³-hybridized carbons (Fsp3) is 0.0800. The molecule has 0 aliphatic rings. The Morgan fingerprint density at radius 1 is 0.875 bits per heavy atom. The third-order valence-electron chi connectivity index (χ3n) is 5.04. The second kappa shape index (κ2) is 9.70. The molecule has 32 heavy (non-hydrogen) atoms. The number of fused-ring (bicyclic) bond motifs is 1. The van der Waals surface area contributed by atoms with Crippen molar-refractivity contribution in [3.05, 3.63) is 105 Å². The number of hydrogen-bond acceptors (Lipinski definition) is 3. The Morgan fingerprint density at radius 3 is 2.44 bits per heavy atom. The number of rotatable bonds is 7. The number of benzene rings is 4. The fourth-order valence-electron chi connectivity index (χ4n) is 3.41. The molecule has 0 aromatic heterocycles. The first-order valence-electron chi connectivity index (χ1n) is 9.76. The minimum Gasteiger partial charge on any atom is -0.489 e. The highest BCUT2D eigenvalue weighted by atomic mass is 35.5. The van der Waals surface area contributed by atoms with Crippen LogP contribution < -0.4 is 10.1 Å². The Balaban J connectivity index is 1.60. The maximum absolute atomic E-state index is 11.2. The number of ether oxygens (including phenoxy) is 1. The molecule has 0 atom stereocenters. The summed E-state index contributed by atoms with van der Waals surface area (Å²) in [5.74, 6) is -0.330. The molecule has 0 heterocycles. The van der Waals surface area contributed by atoms with Crippen LogP contribution in [0.15, 0.2) is 72.8 Å². The normalized spacial score (nSPS) is 10.8. The van der Waals surface area contributed by atoms with E-state index in [0.717, 1.165) is 27.6 Å². The van der Waals surface area contributed by atoms with Crippen molar-refractivity contribution in [3.8, 4) is 5.75 Å². The van der Waals surface area contributed by atoms with Crippen molar-refractivity contribution in [1.82, 2.24) is 0 Å². The largest absolute Gasteiger partial charge is 0.489 e. The van der Waals surface area contributed by atoms with E-state index in [4.69, 9.17) is 44.6 Å². The Labute approximate surface area is 200 Å². The molecular formula is C25H18Cl3NO3. The van der Waals surface area contributed by atoms with Crippen LogP contribution in [0.1, 0.15) is 21.5 Å². The van der Waals surface area contributed by atoms with Crippen molar-refractivity contribution in [3.63, 3.8) is 0 Å². The summed E-state index contributed by atoms with van der Waals surface area (Å²) in [4.78, 5) is 11.2. The van der Waals surface area contributed by atoms with Gasteiger partial charge < -0.3 is 15.2 Å². The Kier molecular flexibility index (Phi) is 6.75. The highest BCUT2D eigenvalue weighted by Crippen LogP contribution is 2.31. The minimum absolute atomic E-state index is 0.0630. The zero-order valence-corrected chi connectivity index (χ0v) is 19.0. The first kappa shape index (κ1) is 22.3. The number of nitrogens with one attached hydrogen (secondary N) is 1. The van der Waals surface area contributed by atoms with Gasteiger partial charge >= 0.3 is 5.97 Å². The SMILES string of the molecule is O=C(O)c1ccc(NCc2c(OCc3ccc(Cl)c(Cl)c3)ccc3ccccc23)cc1Cl. The lowest BCUT2D eigenvalue weighted by molar-refractivity contribution is 0.0697. The van der Waals surface area contributed by atoms with Crippen LogP contribution in [0.3, 0.4) is 0 Å². The highest BCUT2D eigenvalue weighted by molar-refractivity contribution is 6.42. The number of carbonyl (C=O) groups is 1. The van der Waals surface area contributed by atoms with Gasteiger partial charge in [-0.15, -0.1) is 0 Å². The Morgan fingerprint density at radius 2 is 1.69 bits per heavy atom. The lowest BCUT2D eigenvalue weighted by Crippen LogP contribution is -2.05. The van der Waals surface area contributed by atoms with Gasteiger partial charge in [0.2, 0.25) is 0 Å². The molecule has 7 heteroatoms. The van der Waals surface area contributed by atoms with E-state index in [1.54, 1.807) is 24.3 Å². The molecule has 4 nitrogen and oxygen atoms in total. The second-order valence-electron chi connectivity index (χ2n) is 7.15. The van der Waals surface area contributed by atoms with Crippen LogP contribution in [0.2, 0.25) is 15.1 Å². The van der Waals surface area contributed by atoms with Gasteiger partial charge in [0.25, 0.3) is 0 Å². The molecule has 0 unspecified atom stereocenters. The topological polar surface area (TPSA) is 58.6 Å². The molecule has 4 aromatic carbocycles. The molecule has 0 aliphatic carbocycles. The average Bonchev–Trinajstić information content (AvgIpc) is 2.78. The summed E-state index contributed by atoms with van der Waals surface area (Å²) in [5, 5.41) is 15.8. The van der Waals surface area contributed by atoms with Gasteiger partial charge in [-0.25, -0.2) is 4.79 Å². The summed E-state index contributed by atoms with van der Waals surface area (Å²) in [6.07, 6.45) is 0.